The maximum Gasteiger partial charge on any atom is 0.124 e. The fraction of sp³-hybridized carbons (Fsp3) is 0.357. The molecule has 1 heterocycles. The van der Waals surface area contributed by atoms with Gasteiger partial charge in [-0.2, -0.15) is 0 Å². The molecule has 0 spiro atoms. The van der Waals surface area contributed by atoms with Gasteiger partial charge in [0.05, 0.1) is 5.69 Å². The fourth-order valence-electron chi connectivity index (χ4n) is 2.11. The SMILES string of the molecule is Cc1ccccc1-c1nc(C2CC2)c(CN)s1. The molecule has 0 aliphatic heterocycles. The molecule has 0 radical (unpaired) electrons. The lowest BCUT2D eigenvalue weighted by Crippen LogP contribution is -1.96. The number of thiazole rings is 1. The first-order valence-electron chi connectivity index (χ1n) is 6.05. The molecule has 1 fully saturated rings. The third-order valence-corrected chi connectivity index (χ3v) is 4.38. The molecule has 0 unspecified atom stereocenters. The molecule has 0 atom stereocenters. The van der Waals surface area contributed by atoms with Gasteiger partial charge in [0.25, 0.3) is 0 Å². The summed E-state index contributed by atoms with van der Waals surface area (Å²) in [5, 5.41) is 1.13. The van der Waals surface area contributed by atoms with Crippen LogP contribution < -0.4 is 5.73 Å². The lowest BCUT2D eigenvalue weighted by Gasteiger charge is -2.00. The lowest BCUT2D eigenvalue weighted by atomic mass is 10.1. The summed E-state index contributed by atoms with van der Waals surface area (Å²) in [5.74, 6) is 0.683. The van der Waals surface area contributed by atoms with Crippen molar-refractivity contribution >= 4 is 11.3 Å². The Morgan fingerprint density at radius 2 is 2.12 bits per heavy atom. The van der Waals surface area contributed by atoms with Gasteiger partial charge in [-0.25, -0.2) is 4.98 Å². The maximum absolute atomic E-state index is 5.82. The quantitative estimate of drug-likeness (QED) is 0.898. The highest BCUT2D eigenvalue weighted by atomic mass is 32.1. The van der Waals surface area contributed by atoms with Crippen LogP contribution in [0.4, 0.5) is 0 Å². The van der Waals surface area contributed by atoms with Crippen LogP contribution in [0.25, 0.3) is 10.6 Å². The zero-order chi connectivity index (χ0) is 11.8. The Morgan fingerprint density at radius 1 is 1.35 bits per heavy atom. The zero-order valence-electron chi connectivity index (χ0n) is 9.94. The van der Waals surface area contributed by atoms with Crippen molar-refractivity contribution in [1.29, 1.82) is 0 Å². The van der Waals surface area contributed by atoms with E-state index in [9.17, 15) is 0 Å². The van der Waals surface area contributed by atoms with Crippen molar-refractivity contribution in [2.24, 2.45) is 5.73 Å². The van der Waals surface area contributed by atoms with Gasteiger partial charge in [0, 0.05) is 22.9 Å². The monoisotopic (exact) mass is 244 g/mol. The van der Waals surface area contributed by atoms with Crippen LogP contribution in [0.3, 0.4) is 0 Å². The van der Waals surface area contributed by atoms with E-state index in [0.717, 1.165) is 5.01 Å². The van der Waals surface area contributed by atoms with Crippen LogP contribution in [0.5, 0.6) is 0 Å². The number of nitrogens with two attached hydrogens (primary N) is 1. The van der Waals surface area contributed by atoms with Crippen LogP contribution in [-0.4, -0.2) is 4.98 Å². The summed E-state index contributed by atoms with van der Waals surface area (Å²) in [7, 11) is 0. The molecule has 1 aromatic carbocycles. The van der Waals surface area contributed by atoms with Gasteiger partial charge in [-0.3, -0.25) is 0 Å². The predicted octanol–water partition coefficient (Wildman–Crippen LogP) is 3.45. The molecule has 3 heteroatoms. The number of aromatic nitrogens is 1. The second-order valence-electron chi connectivity index (χ2n) is 4.62. The molecule has 17 heavy (non-hydrogen) atoms. The summed E-state index contributed by atoms with van der Waals surface area (Å²) in [6, 6.07) is 8.42. The van der Waals surface area contributed by atoms with Crippen LogP contribution in [-0.2, 0) is 6.54 Å². The molecule has 0 saturated heterocycles. The van der Waals surface area contributed by atoms with E-state index in [1.807, 2.05) is 0 Å². The topological polar surface area (TPSA) is 38.9 Å². The molecule has 2 N–H and O–H groups in total. The summed E-state index contributed by atoms with van der Waals surface area (Å²) in [6.45, 7) is 2.75. The minimum absolute atomic E-state index is 0.620. The highest BCUT2D eigenvalue weighted by molar-refractivity contribution is 7.15. The van der Waals surface area contributed by atoms with Gasteiger partial charge in [0.1, 0.15) is 5.01 Å². The van der Waals surface area contributed by atoms with E-state index in [4.69, 9.17) is 10.7 Å². The zero-order valence-corrected chi connectivity index (χ0v) is 10.8. The molecule has 1 saturated carbocycles. The molecule has 0 amide bonds. The van der Waals surface area contributed by atoms with Crippen molar-refractivity contribution in [3.63, 3.8) is 0 Å². The first kappa shape index (κ1) is 10.9. The molecule has 3 rings (SSSR count). The number of hydrogen-bond acceptors (Lipinski definition) is 3. The number of rotatable bonds is 3. The Bertz CT molecular complexity index is 541. The molecule has 88 valence electrons. The van der Waals surface area contributed by atoms with Crippen LogP contribution >= 0.6 is 11.3 Å². The third-order valence-electron chi connectivity index (χ3n) is 3.25. The summed E-state index contributed by atoms with van der Waals surface area (Å²) in [4.78, 5) is 6.08. The molecule has 1 aromatic heterocycles. The molecule has 2 nitrogen and oxygen atoms in total. The average Bonchev–Trinajstić information content (AvgIpc) is 3.10. The van der Waals surface area contributed by atoms with E-state index in [1.54, 1.807) is 11.3 Å². The average molecular weight is 244 g/mol. The van der Waals surface area contributed by atoms with E-state index in [-0.39, 0.29) is 0 Å². The second-order valence-corrected chi connectivity index (χ2v) is 5.70. The first-order valence-corrected chi connectivity index (χ1v) is 6.87. The minimum Gasteiger partial charge on any atom is -0.326 e. The Balaban J connectivity index is 2.06. The standard InChI is InChI=1S/C14H16N2S/c1-9-4-2-3-5-11(9)14-16-13(10-6-7-10)12(8-15)17-14/h2-5,10H,6-8,15H2,1H3. The Morgan fingerprint density at radius 3 is 2.76 bits per heavy atom. The Labute approximate surface area is 106 Å². The highest BCUT2D eigenvalue weighted by Crippen LogP contribution is 2.44. The molecule has 1 aliphatic carbocycles. The van der Waals surface area contributed by atoms with Crippen LogP contribution in [0.1, 0.15) is 34.9 Å². The van der Waals surface area contributed by atoms with Gasteiger partial charge in [-0.05, 0) is 25.3 Å². The molecular formula is C14H16N2S. The summed E-state index contributed by atoms with van der Waals surface area (Å²) >= 11 is 1.76. The van der Waals surface area contributed by atoms with Gasteiger partial charge >= 0.3 is 0 Å². The number of hydrogen-bond donors (Lipinski definition) is 1. The van der Waals surface area contributed by atoms with E-state index < -0.39 is 0 Å². The smallest absolute Gasteiger partial charge is 0.124 e. The predicted molar refractivity (Wildman–Crippen MR) is 72.2 cm³/mol. The summed E-state index contributed by atoms with van der Waals surface area (Å²) in [6.07, 6.45) is 2.56. The van der Waals surface area contributed by atoms with E-state index in [1.165, 1.54) is 34.5 Å². The first-order chi connectivity index (χ1) is 8.29. The van der Waals surface area contributed by atoms with Crippen LogP contribution in [0.15, 0.2) is 24.3 Å². The Kier molecular flexibility index (Phi) is 2.73. The molecule has 1 aliphatic rings. The second kappa shape index (κ2) is 4.24. The van der Waals surface area contributed by atoms with E-state index in [2.05, 4.69) is 31.2 Å². The van der Waals surface area contributed by atoms with Crippen molar-refractivity contribution in [2.75, 3.05) is 0 Å². The maximum atomic E-state index is 5.82. The summed E-state index contributed by atoms with van der Waals surface area (Å²) in [5.41, 5.74) is 9.61. The number of nitrogens with zero attached hydrogens (tertiary/aromatic N) is 1. The van der Waals surface area contributed by atoms with Crippen molar-refractivity contribution in [2.45, 2.75) is 32.2 Å². The van der Waals surface area contributed by atoms with Gasteiger partial charge in [0.2, 0.25) is 0 Å². The molecule has 0 bridgehead atoms. The number of aryl methyl sites for hydroxylation is 1. The lowest BCUT2D eigenvalue weighted by molar-refractivity contribution is 0.979. The largest absolute Gasteiger partial charge is 0.326 e. The van der Waals surface area contributed by atoms with E-state index >= 15 is 0 Å². The molecule has 2 aromatic rings. The summed E-state index contributed by atoms with van der Waals surface area (Å²) < 4.78 is 0. The Hall–Kier alpha value is -1.19. The fourth-order valence-corrected chi connectivity index (χ4v) is 3.23. The van der Waals surface area contributed by atoms with Crippen molar-refractivity contribution in [1.82, 2.24) is 4.98 Å². The van der Waals surface area contributed by atoms with Crippen LogP contribution in [0.2, 0.25) is 0 Å². The minimum atomic E-state index is 0.620. The van der Waals surface area contributed by atoms with Gasteiger partial charge in [-0.15, -0.1) is 11.3 Å². The van der Waals surface area contributed by atoms with Crippen molar-refractivity contribution in [3.05, 3.63) is 40.4 Å². The van der Waals surface area contributed by atoms with E-state index in [0.29, 0.717) is 12.5 Å². The number of benzene rings is 1. The highest BCUT2D eigenvalue weighted by Gasteiger charge is 2.29. The van der Waals surface area contributed by atoms with Crippen LogP contribution in [0, 0.1) is 6.92 Å². The van der Waals surface area contributed by atoms with Crippen molar-refractivity contribution < 1.29 is 0 Å². The van der Waals surface area contributed by atoms with Gasteiger partial charge in [0.15, 0.2) is 0 Å². The molecular weight excluding hydrogens is 228 g/mol. The normalized spacial score (nSPS) is 15.2. The van der Waals surface area contributed by atoms with Gasteiger partial charge in [-0.1, -0.05) is 24.3 Å². The third kappa shape index (κ3) is 2.01. The van der Waals surface area contributed by atoms with Gasteiger partial charge < -0.3 is 5.73 Å². The van der Waals surface area contributed by atoms with Crippen molar-refractivity contribution in [3.8, 4) is 10.6 Å².